The van der Waals surface area contributed by atoms with E-state index in [2.05, 4.69) is 4.72 Å². The minimum atomic E-state index is -3.54. The van der Waals surface area contributed by atoms with E-state index in [0.29, 0.717) is 4.90 Å². The van der Waals surface area contributed by atoms with E-state index in [9.17, 15) is 8.42 Å². The van der Waals surface area contributed by atoms with E-state index in [4.69, 9.17) is 4.74 Å². The lowest BCUT2D eigenvalue weighted by atomic mass is 9.94. The van der Waals surface area contributed by atoms with Gasteiger partial charge in [-0.2, -0.15) is 0 Å². The smallest absolute Gasteiger partial charge is 0.240 e. The van der Waals surface area contributed by atoms with E-state index in [1.165, 1.54) is 0 Å². The first-order valence-electron chi connectivity index (χ1n) is 7.84. The number of hydrogen-bond donors (Lipinski definition) is 1. The highest BCUT2D eigenvalue weighted by atomic mass is 32.2. The van der Waals surface area contributed by atoms with Gasteiger partial charge in [0.2, 0.25) is 10.0 Å². The van der Waals surface area contributed by atoms with Gasteiger partial charge in [0.15, 0.2) is 0 Å². The van der Waals surface area contributed by atoms with Crippen LogP contribution in [0.4, 0.5) is 0 Å². The zero-order valence-electron chi connectivity index (χ0n) is 14.3. The van der Waals surface area contributed by atoms with Gasteiger partial charge < -0.3 is 4.74 Å². The molecule has 0 aliphatic heterocycles. The molecule has 2 aromatic rings. The Hall–Kier alpha value is -1.59. The van der Waals surface area contributed by atoms with E-state index in [0.717, 1.165) is 16.5 Å². The molecule has 0 saturated carbocycles. The lowest BCUT2D eigenvalue weighted by Crippen LogP contribution is -2.42. The molecule has 1 N–H and O–H groups in total. The number of methoxy groups -OCH3 is 1. The topological polar surface area (TPSA) is 55.4 Å². The third kappa shape index (κ3) is 4.03. The first-order valence-corrected chi connectivity index (χ1v) is 9.33. The van der Waals surface area contributed by atoms with E-state index in [-0.39, 0.29) is 17.9 Å². The minimum absolute atomic E-state index is 0.0911. The molecular weight excluding hydrogens is 310 g/mol. The summed E-state index contributed by atoms with van der Waals surface area (Å²) in [6.07, 6.45) is 0. The first kappa shape index (κ1) is 17.8. The van der Waals surface area contributed by atoms with Gasteiger partial charge in [-0.1, -0.05) is 39.8 Å². The molecule has 0 aromatic heterocycles. The summed E-state index contributed by atoms with van der Waals surface area (Å²) in [5, 5.41) is 1.83. The number of ether oxygens (including phenoxy) is 1. The van der Waals surface area contributed by atoms with E-state index in [1.807, 2.05) is 52.0 Å². The van der Waals surface area contributed by atoms with Crippen molar-refractivity contribution in [2.24, 2.45) is 11.8 Å². The molecule has 0 amide bonds. The van der Waals surface area contributed by atoms with Crippen molar-refractivity contribution in [3.8, 4) is 5.75 Å². The summed E-state index contributed by atoms with van der Waals surface area (Å²) in [4.78, 5) is 0.293. The zero-order valence-corrected chi connectivity index (χ0v) is 15.1. The Morgan fingerprint density at radius 1 is 0.913 bits per heavy atom. The Kier molecular flexibility index (Phi) is 5.32. The maximum atomic E-state index is 12.7. The maximum absolute atomic E-state index is 12.7. The number of fused-ring (bicyclic) bond motifs is 1. The molecule has 0 saturated heterocycles. The van der Waals surface area contributed by atoms with Crippen LogP contribution in [0.3, 0.4) is 0 Å². The van der Waals surface area contributed by atoms with Gasteiger partial charge in [-0.25, -0.2) is 13.1 Å². The number of sulfonamides is 1. The average molecular weight is 335 g/mol. The molecule has 0 radical (unpaired) electrons. The molecule has 0 aliphatic carbocycles. The number of benzene rings is 2. The van der Waals surface area contributed by atoms with Crippen LogP contribution in [0.5, 0.6) is 5.75 Å². The fraction of sp³-hybridized carbons (Fsp3) is 0.444. The van der Waals surface area contributed by atoms with Crippen molar-refractivity contribution in [3.63, 3.8) is 0 Å². The molecule has 0 aliphatic rings. The van der Waals surface area contributed by atoms with Crippen LogP contribution in [0.2, 0.25) is 0 Å². The van der Waals surface area contributed by atoms with Crippen molar-refractivity contribution >= 4 is 20.8 Å². The van der Waals surface area contributed by atoms with E-state index < -0.39 is 10.0 Å². The number of hydrogen-bond acceptors (Lipinski definition) is 3. The SMILES string of the molecule is COc1ccc2cc(S(=O)(=O)NC(C(C)C)C(C)C)ccc2c1. The summed E-state index contributed by atoms with van der Waals surface area (Å²) in [7, 11) is -1.92. The lowest BCUT2D eigenvalue weighted by molar-refractivity contribution is 0.355. The average Bonchev–Trinajstić information content (AvgIpc) is 2.51. The standard InChI is InChI=1S/C18H25NO3S/c1-12(2)18(13(3)4)19-23(20,21)17-9-7-14-10-16(22-5)8-6-15(14)11-17/h6-13,18-19H,1-5H3. The van der Waals surface area contributed by atoms with Gasteiger partial charge in [-0.3, -0.25) is 0 Å². The molecule has 0 bridgehead atoms. The molecule has 0 atom stereocenters. The summed E-state index contributed by atoms with van der Waals surface area (Å²) < 4.78 is 33.4. The zero-order chi connectivity index (χ0) is 17.2. The van der Waals surface area contributed by atoms with Crippen LogP contribution in [-0.2, 0) is 10.0 Å². The van der Waals surface area contributed by atoms with Crippen LogP contribution in [0, 0.1) is 11.8 Å². The molecule has 5 heteroatoms. The number of nitrogens with one attached hydrogen (secondary N) is 1. The van der Waals surface area contributed by atoms with E-state index >= 15 is 0 Å². The van der Waals surface area contributed by atoms with E-state index in [1.54, 1.807) is 19.2 Å². The molecule has 2 aromatic carbocycles. The van der Waals surface area contributed by atoms with Gasteiger partial charge in [0.25, 0.3) is 0 Å². The molecule has 0 heterocycles. The van der Waals surface area contributed by atoms with Gasteiger partial charge in [0.1, 0.15) is 5.75 Å². The molecule has 23 heavy (non-hydrogen) atoms. The van der Waals surface area contributed by atoms with Crippen LogP contribution < -0.4 is 9.46 Å². The van der Waals surface area contributed by atoms with Crippen LogP contribution in [-0.4, -0.2) is 21.6 Å². The normalized spacial score (nSPS) is 12.5. The molecule has 4 nitrogen and oxygen atoms in total. The second-order valence-electron chi connectivity index (χ2n) is 6.51. The van der Waals surface area contributed by atoms with Gasteiger partial charge >= 0.3 is 0 Å². The third-order valence-electron chi connectivity index (χ3n) is 4.06. The van der Waals surface area contributed by atoms with Gasteiger partial charge in [0, 0.05) is 6.04 Å². The lowest BCUT2D eigenvalue weighted by Gasteiger charge is -2.25. The fourth-order valence-electron chi connectivity index (χ4n) is 2.79. The molecule has 126 valence electrons. The van der Waals surface area contributed by atoms with Crippen molar-refractivity contribution in [2.75, 3.05) is 7.11 Å². The minimum Gasteiger partial charge on any atom is -0.497 e. The fourth-order valence-corrected chi connectivity index (χ4v) is 4.35. The largest absolute Gasteiger partial charge is 0.497 e. The molecule has 0 unspecified atom stereocenters. The van der Waals surface area contributed by atoms with Crippen LogP contribution in [0.25, 0.3) is 10.8 Å². The third-order valence-corrected chi connectivity index (χ3v) is 5.51. The van der Waals surface area contributed by atoms with Gasteiger partial charge in [-0.15, -0.1) is 0 Å². The highest BCUT2D eigenvalue weighted by Crippen LogP contribution is 2.24. The van der Waals surface area contributed by atoms with Crippen molar-refractivity contribution in [2.45, 2.75) is 38.6 Å². The Morgan fingerprint density at radius 2 is 1.48 bits per heavy atom. The summed E-state index contributed by atoms with van der Waals surface area (Å²) >= 11 is 0. The Bertz CT molecular complexity index is 774. The maximum Gasteiger partial charge on any atom is 0.240 e. The summed E-state index contributed by atoms with van der Waals surface area (Å²) in [6, 6.07) is 10.7. The molecule has 0 spiro atoms. The van der Waals surface area contributed by atoms with Gasteiger partial charge in [0.05, 0.1) is 12.0 Å². The summed E-state index contributed by atoms with van der Waals surface area (Å²) in [6.45, 7) is 8.11. The van der Waals surface area contributed by atoms with Gasteiger partial charge in [-0.05, 0) is 46.9 Å². The quantitative estimate of drug-likeness (QED) is 0.873. The van der Waals surface area contributed by atoms with Crippen LogP contribution in [0.1, 0.15) is 27.7 Å². The summed E-state index contributed by atoms with van der Waals surface area (Å²) in [5.41, 5.74) is 0. The molecule has 0 fully saturated rings. The van der Waals surface area contributed by atoms with Crippen molar-refractivity contribution in [3.05, 3.63) is 36.4 Å². The predicted octanol–water partition coefficient (Wildman–Crippen LogP) is 3.81. The van der Waals surface area contributed by atoms with Crippen molar-refractivity contribution < 1.29 is 13.2 Å². The highest BCUT2D eigenvalue weighted by Gasteiger charge is 2.25. The van der Waals surface area contributed by atoms with Crippen LogP contribution >= 0.6 is 0 Å². The second kappa shape index (κ2) is 6.89. The predicted molar refractivity (Wildman–Crippen MR) is 94.3 cm³/mol. The molecule has 2 rings (SSSR count). The first-order chi connectivity index (χ1) is 10.7. The number of rotatable bonds is 6. The second-order valence-corrected chi connectivity index (χ2v) is 8.22. The van der Waals surface area contributed by atoms with Crippen molar-refractivity contribution in [1.29, 1.82) is 0 Å². The van der Waals surface area contributed by atoms with Crippen molar-refractivity contribution in [1.82, 2.24) is 4.72 Å². The molecular formula is C18H25NO3S. The highest BCUT2D eigenvalue weighted by molar-refractivity contribution is 7.89. The van der Waals surface area contributed by atoms with Crippen LogP contribution in [0.15, 0.2) is 41.3 Å². The monoisotopic (exact) mass is 335 g/mol. The Morgan fingerprint density at radius 3 is 2.04 bits per heavy atom. The Balaban J connectivity index is 2.38. The Labute approximate surface area is 138 Å². The summed E-state index contributed by atoms with van der Waals surface area (Å²) in [5.74, 6) is 1.22.